The van der Waals surface area contributed by atoms with Gasteiger partial charge in [-0.3, -0.25) is 10.4 Å². The molecule has 0 aromatic carbocycles. The molecule has 3 nitrogen and oxygen atoms in total. The second kappa shape index (κ2) is 4.33. The summed E-state index contributed by atoms with van der Waals surface area (Å²) in [4.78, 5) is 4.51. The quantitative estimate of drug-likeness (QED) is 0.693. The van der Waals surface area contributed by atoms with Gasteiger partial charge in [-0.1, -0.05) is 18.2 Å². The van der Waals surface area contributed by atoms with E-state index in [2.05, 4.69) is 22.4 Å². The van der Waals surface area contributed by atoms with Crippen LogP contribution in [0.15, 0.2) is 4.99 Å². The first-order valence-corrected chi connectivity index (χ1v) is 6.05. The number of hydrazine groups is 1. The van der Waals surface area contributed by atoms with Crippen molar-refractivity contribution in [3.8, 4) is 0 Å². The van der Waals surface area contributed by atoms with E-state index < -0.39 is 0 Å². The van der Waals surface area contributed by atoms with Crippen LogP contribution in [0.4, 0.5) is 0 Å². The molecule has 74 valence electrons. The molecule has 0 spiro atoms. The number of hydrogen-bond acceptors (Lipinski definition) is 4. The molecule has 0 aromatic heterocycles. The molecule has 2 aliphatic heterocycles. The zero-order valence-corrected chi connectivity index (χ0v) is 8.94. The topological polar surface area (TPSA) is 27.6 Å². The van der Waals surface area contributed by atoms with E-state index >= 15 is 0 Å². The third-order valence-corrected chi connectivity index (χ3v) is 3.53. The third kappa shape index (κ3) is 2.61. The van der Waals surface area contributed by atoms with E-state index in [9.17, 15) is 0 Å². The van der Waals surface area contributed by atoms with Gasteiger partial charge in [-0.05, 0) is 19.8 Å². The fraction of sp³-hybridized carbons (Fsp3) is 0.889. The number of thioether (sulfide) groups is 1. The zero-order valence-electron chi connectivity index (χ0n) is 8.12. The molecule has 0 radical (unpaired) electrons. The predicted molar refractivity (Wildman–Crippen MR) is 57.9 cm³/mol. The van der Waals surface area contributed by atoms with Crippen molar-refractivity contribution in [1.29, 1.82) is 0 Å². The summed E-state index contributed by atoms with van der Waals surface area (Å²) in [6, 6.07) is 0.497. The van der Waals surface area contributed by atoms with Crippen molar-refractivity contribution >= 4 is 16.9 Å². The van der Waals surface area contributed by atoms with Crippen LogP contribution < -0.4 is 5.43 Å². The molecule has 2 heterocycles. The minimum atomic E-state index is 0.497. The van der Waals surface area contributed by atoms with Gasteiger partial charge in [0.05, 0.1) is 6.04 Å². The Bertz CT molecular complexity index is 199. The van der Waals surface area contributed by atoms with Crippen molar-refractivity contribution in [3.05, 3.63) is 0 Å². The molecule has 1 N–H and O–H groups in total. The van der Waals surface area contributed by atoms with Gasteiger partial charge in [0.1, 0.15) is 0 Å². The van der Waals surface area contributed by atoms with Crippen LogP contribution in [0.1, 0.15) is 26.2 Å². The molecule has 2 rings (SSSR count). The van der Waals surface area contributed by atoms with Gasteiger partial charge >= 0.3 is 0 Å². The summed E-state index contributed by atoms with van der Waals surface area (Å²) in [6.45, 7) is 4.51. The van der Waals surface area contributed by atoms with Gasteiger partial charge in [-0.25, -0.2) is 5.01 Å². The van der Waals surface area contributed by atoms with Crippen LogP contribution in [0.2, 0.25) is 0 Å². The van der Waals surface area contributed by atoms with Crippen molar-refractivity contribution in [2.45, 2.75) is 32.2 Å². The number of amidine groups is 1. The highest BCUT2D eigenvalue weighted by atomic mass is 32.2. The normalized spacial score (nSPS) is 30.2. The maximum absolute atomic E-state index is 4.51. The first-order valence-electron chi connectivity index (χ1n) is 5.07. The summed E-state index contributed by atoms with van der Waals surface area (Å²) < 4.78 is 0. The van der Waals surface area contributed by atoms with Gasteiger partial charge < -0.3 is 0 Å². The van der Waals surface area contributed by atoms with Crippen LogP contribution >= 0.6 is 11.8 Å². The summed E-state index contributed by atoms with van der Waals surface area (Å²) in [6.07, 6.45) is 4.02. The summed E-state index contributed by atoms with van der Waals surface area (Å²) >= 11 is 1.84. The number of aliphatic imine (C=N–C) groups is 1. The Balaban J connectivity index is 1.80. The van der Waals surface area contributed by atoms with Crippen LogP contribution in [-0.4, -0.2) is 35.1 Å². The Hall–Kier alpha value is -0.220. The Morgan fingerprint density at radius 1 is 1.38 bits per heavy atom. The lowest BCUT2D eigenvalue weighted by Crippen LogP contribution is -2.43. The van der Waals surface area contributed by atoms with E-state index in [0.717, 1.165) is 10.9 Å². The van der Waals surface area contributed by atoms with Crippen LogP contribution in [0.25, 0.3) is 0 Å². The predicted octanol–water partition coefficient (Wildman–Crippen LogP) is 1.47. The maximum atomic E-state index is 4.51. The van der Waals surface area contributed by atoms with Crippen molar-refractivity contribution < 1.29 is 0 Å². The molecular formula is C9H17N3S. The molecule has 1 unspecified atom stereocenters. The average Bonchev–Trinajstić information content (AvgIpc) is 2.53. The van der Waals surface area contributed by atoms with Crippen molar-refractivity contribution in [1.82, 2.24) is 10.4 Å². The zero-order chi connectivity index (χ0) is 9.10. The number of nitrogens with one attached hydrogen (secondary N) is 1. The molecule has 1 atom stereocenters. The molecule has 2 aliphatic rings. The fourth-order valence-corrected chi connectivity index (χ4v) is 2.60. The van der Waals surface area contributed by atoms with Gasteiger partial charge in [0.2, 0.25) is 0 Å². The molecular weight excluding hydrogens is 182 g/mol. The SMILES string of the molecule is CC1CSC(NN2CCCCC2)=N1. The summed E-state index contributed by atoms with van der Waals surface area (Å²) in [7, 11) is 0. The molecule has 1 fully saturated rings. The Labute approximate surface area is 83.9 Å². The molecule has 13 heavy (non-hydrogen) atoms. The summed E-state index contributed by atoms with van der Waals surface area (Å²) in [5, 5.41) is 3.42. The van der Waals surface area contributed by atoms with E-state index in [1.54, 1.807) is 0 Å². The molecule has 0 bridgehead atoms. The van der Waals surface area contributed by atoms with Crippen molar-refractivity contribution in [3.63, 3.8) is 0 Å². The van der Waals surface area contributed by atoms with Crippen LogP contribution in [0.5, 0.6) is 0 Å². The minimum Gasteiger partial charge on any atom is -0.298 e. The lowest BCUT2D eigenvalue weighted by atomic mass is 10.2. The van der Waals surface area contributed by atoms with Gasteiger partial charge in [0, 0.05) is 18.8 Å². The highest BCUT2D eigenvalue weighted by Gasteiger charge is 2.17. The Kier molecular flexibility index (Phi) is 3.11. The van der Waals surface area contributed by atoms with E-state index in [1.807, 2.05) is 11.8 Å². The highest BCUT2D eigenvalue weighted by Crippen LogP contribution is 2.16. The molecule has 4 heteroatoms. The van der Waals surface area contributed by atoms with Gasteiger partial charge in [-0.2, -0.15) is 0 Å². The second-order valence-electron chi connectivity index (χ2n) is 3.75. The number of nitrogens with zero attached hydrogens (tertiary/aromatic N) is 2. The first-order chi connectivity index (χ1) is 6.34. The van der Waals surface area contributed by atoms with Gasteiger partial charge in [-0.15, -0.1) is 0 Å². The Morgan fingerprint density at radius 3 is 2.77 bits per heavy atom. The fourth-order valence-electron chi connectivity index (χ4n) is 1.68. The van der Waals surface area contributed by atoms with Crippen LogP contribution in [0.3, 0.4) is 0 Å². The van der Waals surface area contributed by atoms with E-state index in [-0.39, 0.29) is 0 Å². The molecule has 0 saturated carbocycles. The lowest BCUT2D eigenvalue weighted by Gasteiger charge is -2.27. The second-order valence-corrected chi connectivity index (χ2v) is 4.76. The van der Waals surface area contributed by atoms with Crippen molar-refractivity contribution in [2.24, 2.45) is 4.99 Å². The number of hydrogen-bond donors (Lipinski definition) is 1. The van der Waals surface area contributed by atoms with E-state index in [1.165, 1.54) is 32.4 Å². The minimum absolute atomic E-state index is 0.497. The van der Waals surface area contributed by atoms with Crippen molar-refractivity contribution in [2.75, 3.05) is 18.8 Å². The van der Waals surface area contributed by atoms with E-state index in [0.29, 0.717) is 6.04 Å². The number of piperidine rings is 1. The molecule has 0 aliphatic carbocycles. The number of rotatable bonds is 1. The summed E-state index contributed by atoms with van der Waals surface area (Å²) in [5.74, 6) is 1.14. The molecule has 0 amide bonds. The highest BCUT2D eigenvalue weighted by molar-refractivity contribution is 8.14. The largest absolute Gasteiger partial charge is 0.298 e. The first kappa shape index (κ1) is 9.34. The third-order valence-electron chi connectivity index (χ3n) is 2.41. The van der Waals surface area contributed by atoms with Gasteiger partial charge in [0.15, 0.2) is 5.17 Å². The summed E-state index contributed by atoms with van der Waals surface area (Å²) in [5.41, 5.74) is 3.39. The molecule has 0 aromatic rings. The monoisotopic (exact) mass is 199 g/mol. The van der Waals surface area contributed by atoms with Crippen LogP contribution in [0, 0.1) is 0 Å². The standard InChI is InChI=1S/C9H17N3S/c1-8-7-13-9(10-8)11-12-5-3-2-4-6-12/h8H,2-7H2,1H3,(H,10,11). The lowest BCUT2D eigenvalue weighted by molar-refractivity contribution is 0.196. The maximum Gasteiger partial charge on any atom is 0.171 e. The molecule has 1 saturated heterocycles. The van der Waals surface area contributed by atoms with Crippen LogP contribution in [-0.2, 0) is 0 Å². The Morgan fingerprint density at radius 2 is 2.15 bits per heavy atom. The smallest absolute Gasteiger partial charge is 0.171 e. The van der Waals surface area contributed by atoms with E-state index in [4.69, 9.17) is 0 Å². The van der Waals surface area contributed by atoms with Gasteiger partial charge in [0.25, 0.3) is 0 Å². The average molecular weight is 199 g/mol.